The average molecular weight is 305 g/mol. The largest absolute Gasteiger partial charge is 0.391 e. The van der Waals surface area contributed by atoms with Crippen molar-refractivity contribution in [3.63, 3.8) is 0 Å². The summed E-state index contributed by atoms with van der Waals surface area (Å²) in [6.45, 7) is 0. The zero-order chi connectivity index (χ0) is 14.3. The molecule has 0 radical (unpaired) electrons. The van der Waals surface area contributed by atoms with Crippen LogP contribution in [0.25, 0.3) is 0 Å². The summed E-state index contributed by atoms with van der Waals surface area (Å²) in [6.07, 6.45) is 0.319. The van der Waals surface area contributed by atoms with Crippen molar-refractivity contribution >= 4 is 19.9 Å². The molecule has 0 saturated heterocycles. The maximum absolute atomic E-state index is 11.8. The Hall–Kier alpha value is -0.960. The zero-order valence-corrected chi connectivity index (χ0v) is 11.9. The highest BCUT2D eigenvalue weighted by Gasteiger charge is 2.34. The fraction of sp³-hybridized carbons (Fsp3) is 0.455. The van der Waals surface area contributed by atoms with Gasteiger partial charge in [0, 0.05) is 12.7 Å². The standard InChI is InChI=1S/C11H15NO5S2/c1-18(14,15)7-19(16,17)12-11-9-5-3-2-4-8(9)6-10(11)13/h2-5,10-13H,6-7H2,1H3. The topological polar surface area (TPSA) is 101 Å². The van der Waals surface area contributed by atoms with E-state index < -0.39 is 37.1 Å². The van der Waals surface area contributed by atoms with Gasteiger partial charge >= 0.3 is 0 Å². The normalized spacial score (nSPS) is 23.3. The van der Waals surface area contributed by atoms with Crippen molar-refractivity contribution in [1.29, 1.82) is 0 Å². The SMILES string of the molecule is CS(=O)(=O)CS(=O)(=O)NC1c2ccccc2CC1O. The molecule has 0 saturated carbocycles. The summed E-state index contributed by atoms with van der Waals surface area (Å²) >= 11 is 0. The van der Waals surface area contributed by atoms with Crippen molar-refractivity contribution in [3.05, 3.63) is 35.4 Å². The molecule has 0 fully saturated rings. The van der Waals surface area contributed by atoms with Gasteiger partial charge in [0.15, 0.2) is 14.9 Å². The van der Waals surface area contributed by atoms with Crippen LogP contribution in [0.4, 0.5) is 0 Å². The van der Waals surface area contributed by atoms with E-state index >= 15 is 0 Å². The number of hydrogen-bond acceptors (Lipinski definition) is 5. The van der Waals surface area contributed by atoms with Crippen LogP contribution in [-0.4, -0.2) is 39.4 Å². The van der Waals surface area contributed by atoms with Gasteiger partial charge in [-0.3, -0.25) is 0 Å². The molecule has 1 aliphatic carbocycles. The summed E-state index contributed by atoms with van der Waals surface area (Å²) in [6, 6.07) is 6.29. The molecule has 0 aliphatic heterocycles. The number of fused-ring (bicyclic) bond motifs is 1. The molecule has 1 aromatic rings. The lowest BCUT2D eigenvalue weighted by molar-refractivity contribution is 0.151. The summed E-state index contributed by atoms with van der Waals surface area (Å²) in [4.78, 5) is 0. The molecule has 2 atom stereocenters. The van der Waals surface area contributed by atoms with Crippen molar-refractivity contribution in [2.45, 2.75) is 18.6 Å². The molecule has 106 valence electrons. The van der Waals surface area contributed by atoms with Gasteiger partial charge in [0.05, 0.1) is 12.1 Å². The van der Waals surface area contributed by atoms with Gasteiger partial charge in [-0.25, -0.2) is 21.6 Å². The molecule has 0 heterocycles. The third kappa shape index (κ3) is 3.53. The monoisotopic (exact) mass is 305 g/mol. The van der Waals surface area contributed by atoms with E-state index in [1.807, 2.05) is 6.07 Å². The minimum absolute atomic E-state index is 0.349. The predicted molar refractivity (Wildman–Crippen MR) is 70.7 cm³/mol. The number of benzene rings is 1. The van der Waals surface area contributed by atoms with E-state index in [1.54, 1.807) is 18.2 Å². The van der Waals surface area contributed by atoms with Crippen LogP contribution in [0.5, 0.6) is 0 Å². The molecule has 8 heteroatoms. The summed E-state index contributed by atoms with van der Waals surface area (Å²) in [5.41, 5.74) is 1.55. The number of rotatable bonds is 4. The molecular formula is C11H15NO5S2. The van der Waals surface area contributed by atoms with E-state index in [0.29, 0.717) is 12.0 Å². The average Bonchev–Trinajstić information content (AvgIpc) is 2.52. The molecule has 0 amide bonds. The minimum Gasteiger partial charge on any atom is -0.391 e. The van der Waals surface area contributed by atoms with Crippen molar-refractivity contribution in [3.8, 4) is 0 Å². The molecule has 2 rings (SSSR count). The molecule has 6 nitrogen and oxygen atoms in total. The quantitative estimate of drug-likeness (QED) is 0.786. The number of sulfonamides is 1. The maximum atomic E-state index is 11.8. The van der Waals surface area contributed by atoms with Gasteiger partial charge in [-0.1, -0.05) is 24.3 Å². The smallest absolute Gasteiger partial charge is 0.226 e. The Morgan fingerprint density at radius 2 is 1.89 bits per heavy atom. The van der Waals surface area contributed by atoms with Crippen molar-refractivity contribution in [1.82, 2.24) is 4.72 Å². The fourth-order valence-electron chi connectivity index (χ4n) is 2.23. The molecule has 19 heavy (non-hydrogen) atoms. The van der Waals surface area contributed by atoms with Crippen LogP contribution in [0.3, 0.4) is 0 Å². The molecular weight excluding hydrogens is 290 g/mol. The lowest BCUT2D eigenvalue weighted by Gasteiger charge is -2.17. The summed E-state index contributed by atoms with van der Waals surface area (Å²) in [5, 5.41) is 8.91. The number of hydrogen-bond donors (Lipinski definition) is 2. The van der Waals surface area contributed by atoms with Gasteiger partial charge in [-0.05, 0) is 11.1 Å². The highest BCUT2D eigenvalue weighted by atomic mass is 32.3. The highest BCUT2D eigenvalue weighted by Crippen LogP contribution is 2.31. The Morgan fingerprint density at radius 1 is 1.26 bits per heavy atom. The first-order valence-corrected chi connectivity index (χ1v) is 9.33. The predicted octanol–water partition coefficient (Wildman–Crippen LogP) is -0.434. The molecule has 1 aliphatic rings. The van der Waals surface area contributed by atoms with Gasteiger partial charge < -0.3 is 5.11 Å². The molecule has 0 bridgehead atoms. The van der Waals surface area contributed by atoms with Gasteiger partial charge in [-0.2, -0.15) is 0 Å². The first kappa shape index (κ1) is 14.4. The molecule has 2 N–H and O–H groups in total. The minimum atomic E-state index is -4.00. The number of nitrogens with one attached hydrogen (secondary N) is 1. The van der Waals surface area contributed by atoms with Gasteiger partial charge in [-0.15, -0.1) is 0 Å². The van der Waals surface area contributed by atoms with Crippen LogP contribution in [-0.2, 0) is 26.3 Å². The van der Waals surface area contributed by atoms with Crippen LogP contribution in [0, 0.1) is 0 Å². The summed E-state index contributed by atoms with van der Waals surface area (Å²) in [5.74, 6) is 0. The van der Waals surface area contributed by atoms with E-state index in [-0.39, 0.29) is 0 Å². The van der Waals surface area contributed by atoms with E-state index in [2.05, 4.69) is 4.72 Å². The lowest BCUT2D eigenvalue weighted by atomic mass is 10.1. The van der Waals surface area contributed by atoms with Crippen molar-refractivity contribution < 1.29 is 21.9 Å². The third-order valence-corrected chi connectivity index (χ3v) is 6.45. The number of sulfone groups is 1. The van der Waals surface area contributed by atoms with Gasteiger partial charge in [0.2, 0.25) is 10.0 Å². The van der Waals surface area contributed by atoms with Crippen LogP contribution in [0.1, 0.15) is 17.2 Å². The Labute approximate surface area is 112 Å². The zero-order valence-electron chi connectivity index (χ0n) is 10.3. The fourth-order valence-corrected chi connectivity index (χ4v) is 5.42. The van der Waals surface area contributed by atoms with Crippen LogP contribution >= 0.6 is 0 Å². The first-order valence-electron chi connectivity index (χ1n) is 5.61. The second kappa shape index (κ2) is 4.86. The first-order chi connectivity index (χ1) is 8.68. The van der Waals surface area contributed by atoms with E-state index in [9.17, 15) is 21.9 Å². The summed E-state index contributed by atoms with van der Waals surface area (Å²) in [7, 11) is -7.65. The Kier molecular flexibility index (Phi) is 3.69. The summed E-state index contributed by atoms with van der Waals surface area (Å²) < 4.78 is 47.9. The lowest BCUT2D eigenvalue weighted by Crippen LogP contribution is -2.37. The second-order valence-corrected chi connectivity index (χ2v) is 8.98. The molecule has 2 unspecified atom stereocenters. The highest BCUT2D eigenvalue weighted by molar-refractivity contribution is 8.06. The number of aliphatic hydroxyl groups is 1. The van der Waals surface area contributed by atoms with E-state index in [0.717, 1.165) is 11.8 Å². The van der Waals surface area contributed by atoms with Gasteiger partial charge in [0.1, 0.15) is 0 Å². The van der Waals surface area contributed by atoms with E-state index in [1.165, 1.54) is 0 Å². The Morgan fingerprint density at radius 3 is 2.53 bits per heavy atom. The maximum Gasteiger partial charge on any atom is 0.226 e. The van der Waals surface area contributed by atoms with Gasteiger partial charge in [0.25, 0.3) is 0 Å². The van der Waals surface area contributed by atoms with E-state index in [4.69, 9.17) is 0 Å². The van der Waals surface area contributed by atoms with Crippen LogP contribution in [0.2, 0.25) is 0 Å². The third-order valence-electron chi connectivity index (χ3n) is 2.88. The number of aliphatic hydroxyl groups excluding tert-OH is 1. The Bertz CT molecular complexity index is 681. The molecule has 0 aromatic heterocycles. The molecule has 0 spiro atoms. The van der Waals surface area contributed by atoms with Crippen molar-refractivity contribution in [2.75, 3.05) is 11.3 Å². The van der Waals surface area contributed by atoms with Crippen LogP contribution < -0.4 is 4.72 Å². The van der Waals surface area contributed by atoms with Crippen LogP contribution in [0.15, 0.2) is 24.3 Å². The Balaban J connectivity index is 2.25. The van der Waals surface area contributed by atoms with Crippen molar-refractivity contribution in [2.24, 2.45) is 0 Å². The molecule has 1 aromatic carbocycles. The second-order valence-electron chi connectivity index (χ2n) is 4.72.